The lowest BCUT2D eigenvalue weighted by atomic mass is 10.1. The van der Waals surface area contributed by atoms with Gasteiger partial charge in [-0.2, -0.15) is 5.10 Å². The topological polar surface area (TPSA) is 60.7 Å². The second kappa shape index (κ2) is 7.67. The van der Waals surface area contributed by atoms with Crippen molar-refractivity contribution in [1.29, 1.82) is 0 Å². The van der Waals surface area contributed by atoms with Gasteiger partial charge in [-0.3, -0.25) is 14.8 Å². The Bertz CT molecular complexity index is 1220. The van der Waals surface area contributed by atoms with E-state index in [-0.39, 0.29) is 23.4 Å². The van der Waals surface area contributed by atoms with Crippen molar-refractivity contribution in [2.24, 2.45) is 0 Å². The van der Waals surface area contributed by atoms with Crippen molar-refractivity contribution in [2.75, 3.05) is 0 Å². The average Bonchev–Trinajstić information content (AvgIpc) is 2.74. The Hall–Kier alpha value is -3.81. The summed E-state index contributed by atoms with van der Waals surface area (Å²) in [4.78, 5) is 20.5. The largest absolute Gasteiger partial charge is 0.268 e. The molecule has 5 nitrogen and oxygen atoms in total. The van der Waals surface area contributed by atoms with Gasteiger partial charge in [0.1, 0.15) is 0 Å². The molecule has 2 heterocycles. The lowest BCUT2D eigenvalue weighted by Crippen LogP contribution is -2.22. The van der Waals surface area contributed by atoms with Crippen LogP contribution in [0.2, 0.25) is 0 Å². The molecule has 8 heteroatoms. The molecule has 2 aromatic heterocycles. The number of rotatable bonds is 4. The Morgan fingerprint density at radius 3 is 2.38 bits per heavy atom. The summed E-state index contributed by atoms with van der Waals surface area (Å²) < 4.78 is 41.4. The van der Waals surface area contributed by atoms with Gasteiger partial charge in [0, 0.05) is 29.6 Å². The first-order chi connectivity index (χ1) is 14.0. The second-order valence-electron chi connectivity index (χ2n) is 6.26. The Morgan fingerprint density at radius 2 is 1.66 bits per heavy atom. The van der Waals surface area contributed by atoms with E-state index in [1.807, 2.05) is 24.3 Å². The predicted octanol–water partition coefficient (Wildman–Crippen LogP) is 3.83. The van der Waals surface area contributed by atoms with Crippen molar-refractivity contribution in [3.63, 3.8) is 0 Å². The summed E-state index contributed by atoms with van der Waals surface area (Å²) in [5.41, 5.74) is 2.07. The van der Waals surface area contributed by atoms with Crippen LogP contribution >= 0.6 is 0 Å². The first-order valence-electron chi connectivity index (χ1n) is 8.60. The smallest absolute Gasteiger partial charge is 0.267 e. The molecule has 0 unspecified atom stereocenters. The molecule has 144 valence electrons. The van der Waals surface area contributed by atoms with Crippen LogP contribution in [0.5, 0.6) is 0 Å². The van der Waals surface area contributed by atoms with Gasteiger partial charge >= 0.3 is 0 Å². The monoisotopic (exact) mass is 394 g/mol. The average molecular weight is 394 g/mol. The Kier molecular flexibility index (Phi) is 4.90. The Morgan fingerprint density at radius 1 is 0.862 bits per heavy atom. The molecule has 4 aromatic rings. The Labute approximate surface area is 163 Å². The molecule has 0 saturated carbocycles. The van der Waals surface area contributed by atoms with Gasteiger partial charge in [-0.1, -0.05) is 18.2 Å². The first kappa shape index (κ1) is 18.5. The first-order valence-corrected chi connectivity index (χ1v) is 8.60. The molecule has 0 radical (unpaired) electrons. The highest BCUT2D eigenvalue weighted by molar-refractivity contribution is 5.59. The van der Waals surface area contributed by atoms with Gasteiger partial charge in [0.25, 0.3) is 5.56 Å². The van der Waals surface area contributed by atoms with E-state index in [9.17, 15) is 18.0 Å². The predicted molar refractivity (Wildman–Crippen MR) is 100 cm³/mol. The fourth-order valence-electron chi connectivity index (χ4n) is 2.87. The lowest BCUT2D eigenvalue weighted by Gasteiger charge is -2.09. The maximum absolute atomic E-state index is 13.5. The molecule has 29 heavy (non-hydrogen) atoms. The summed E-state index contributed by atoms with van der Waals surface area (Å²) in [5, 5.41) is 4.17. The molecule has 0 aliphatic rings. The standard InChI is InChI=1S/C21H13F3N4O/c22-16-9-15(10-17(23)21(16)24)18-4-5-20(29)28(27-18)12-13-2-1-3-14(8-13)19-11-25-6-7-26-19/h1-11H,12H2. The SMILES string of the molecule is O=c1ccc(-c2cc(F)c(F)c(F)c2)nn1Cc1cccc(-c2cnccn2)c1. The van der Waals surface area contributed by atoms with Crippen LogP contribution < -0.4 is 5.56 Å². The van der Waals surface area contributed by atoms with Crippen molar-refractivity contribution in [1.82, 2.24) is 19.7 Å². The van der Waals surface area contributed by atoms with Crippen LogP contribution in [0.1, 0.15) is 5.56 Å². The number of hydrogen-bond donors (Lipinski definition) is 0. The van der Waals surface area contributed by atoms with Crippen molar-refractivity contribution in [3.05, 3.63) is 100 Å². The maximum atomic E-state index is 13.5. The van der Waals surface area contributed by atoms with E-state index in [1.54, 1.807) is 18.6 Å². The molecule has 0 fully saturated rings. The fourth-order valence-corrected chi connectivity index (χ4v) is 2.87. The minimum absolute atomic E-state index is 0.0310. The maximum Gasteiger partial charge on any atom is 0.267 e. The molecule has 0 N–H and O–H groups in total. The minimum atomic E-state index is -1.55. The summed E-state index contributed by atoms with van der Waals surface area (Å²) >= 11 is 0. The van der Waals surface area contributed by atoms with Crippen LogP contribution in [0.25, 0.3) is 22.5 Å². The van der Waals surface area contributed by atoms with Crippen molar-refractivity contribution in [2.45, 2.75) is 6.54 Å². The van der Waals surface area contributed by atoms with Crippen LogP contribution in [-0.2, 0) is 6.54 Å². The van der Waals surface area contributed by atoms with Crippen molar-refractivity contribution >= 4 is 0 Å². The molecule has 0 aliphatic carbocycles. The molecular formula is C21H13F3N4O. The zero-order valence-corrected chi connectivity index (χ0v) is 14.9. The van der Waals surface area contributed by atoms with E-state index in [0.717, 1.165) is 23.3 Å². The van der Waals surface area contributed by atoms with E-state index in [1.165, 1.54) is 16.8 Å². The minimum Gasteiger partial charge on any atom is -0.268 e. The zero-order valence-electron chi connectivity index (χ0n) is 14.9. The third-order valence-corrected chi connectivity index (χ3v) is 4.26. The lowest BCUT2D eigenvalue weighted by molar-refractivity contribution is 0.447. The van der Waals surface area contributed by atoms with Gasteiger partial charge < -0.3 is 0 Å². The van der Waals surface area contributed by atoms with Gasteiger partial charge in [-0.05, 0) is 29.8 Å². The van der Waals surface area contributed by atoms with Crippen LogP contribution in [0, 0.1) is 17.5 Å². The van der Waals surface area contributed by atoms with Gasteiger partial charge in [0.05, 0.1) is 24.1 Å². The molecule has 2 aromatic carbocycles. The number of benzene rings is 2. The van der Waals surface area contributed by atoms with E-state index in [4.69, 9.17) is 0 Å². The van der Waals surface area contributed by atoms with Gasteiger partial charge in [0.15, 0.2) is 17.5 Å². The summed E-state index contributed by atoms with van der Waals surface area (Å²) in [7, 11) is 0. The van der Waals surface area contributed by atoms with Crippen LogP contribution in [0.15, 0.2) is 71.9 Å². The molecule has 0 amide bonds. The highest BCUT2D eigenvalue weighted by atomic mass is 19.2. The summed E-state index contributed by atoms with van der Waals surface area (Å²) in [6.45, 7) is 0.132. The number of hydrogen-bond acceptors (Lipinski definition) is 4. The van der Waals surface area contributed by atoms with Crippen LogP contribution in [-0.4, -0.2) is 19.7 Å². The molecule has 0 aliphatic heterocycles. The van der Waals surface area contributed by atoms with E-state index in [2.05, 4.69) is 15.1 Å². The fraction of sp³-hybridized carbons (Fsp3) is 0.0476. The Balaban J connectivity index is 1.69. The summed E-state index contributed by atoms with van der Waals surface area (Å²) in [6, 6.07) is 11.6. The van der Waals surface area contributed by atoms with E-state index < -0.39 is 17.5 Å². The highest BCUT2D eigenvalue weighted by Crippen LogP contribution is 2.22. The molecule has 0 spiro atoms. The third kappa shape index (κ3) is 3.91. The highest BCUT2D eigenvalue weighted by Gasteiger charge is 2.13. The molecular weight excluding hydrogens is 381 g/mol. The number of halogens is 3. The van der Waals surface area contributed by atoms with Gasteiger partial charge in [-0.15, -0.1) is 0 Å². The molecule has 4 rings (SSSR count). The quantitative estimate of drug-likeness (QED) is 0.494. The van der Waals surface area contributed by atoms with Crippen LogP contribution in [0.4, 0.5) is 13.2 Å². The van der Waals surface area contributed by atoms with E-state index in [0.29, 0.717) is 5.69 Å². The van der Waals surface area contributed by atoms with Crippen molar-refractivity contribution < 1.29 is 13.2 Å². The summed E-state index contributed by atoms with van der Waals surface area (Å²) in [6.07, 6.45) is 4.78. The van der Waals surface area contributed by atoms with Gasteiger partial charge in [0.2, 0.25) is 0 Å². The third-order valence-electron chi connectivity index (χ3n) is 4.26. The summed E-state index contributed by atoms with van der Waals surface area (Å²) in [5.74, 6) is -4.20. The number of aromatic nitrogens is 4. The van der Waals surface area contributed by atoms with E-state index >= 15 is 0 Å². The normalized spacial score (nSPS) is 10.9. The molecule has 0 atom stereocenters. The van der Waals surface area contributed by atoms with Crippen LogP contribution in [0.3, 0.4) is 0 Å². The number of nitrogens with zero attached hydrogens (tertiary/aromatic N) is 4. The molecule has 0 bridgehead atoms. The zero-order chi connectivity index (χ0) is 20.4. The van der Waals surface area contributed by atoms with Crippen molar-refractivity contribution in [3.8, 4) is 22.5 Å². The van der Waals surface area contributed by atoms with Gasteiger partial charge in [-0.25, -0.2) is 17.9 Å². The second-order valence-corrected chi connectivity index (χ2v) is 6.26. The molecule has 0 saturated heterocycles.